The molecule has 0 atom stereocenters. The van der Waals surface area contributed by atoms with Crippen LogP contribution >= 0.6 is 23.4 Å². The van der Waals surface area contributed by atoms with Crippen molar-refractivity contribution in [1.29, 1.82) is 0 Å². The SMILES string of the molecule is CSc1ccc(NC(=O)Nc2ccc(C(C)C)cc2)cc1Cl. The van der Waals surface area contributed by atoms with Crippen LogP contribution in [0.15, 0.2) is 47.4 Å². The van der Waals surface area contributed by atoms with Crippen LogP contribution in [0.2, 0.25) is 5.02 Å². The highest BCUT2D eigenvalue weighted by atomic mass is 35.5. The van der Waals surface area contributed by atoms with E-state index >= 15 is 0 Å². The van der Waals surface area contributed by atoms with Crippen LogP contribution in [0.25, 0.3) is 0 Å². The van der Waals surface area contributed by atoms with Gasteiger partial charge in [-0.2, -0.15) is 0 Å². The van der Waals surface area contributed by atoms with Crippen LogP contribution in [0.5, 0.6) is 0 Å². The molecule has 0 unspecified atom stereocenters. The van der Waals surface area contributed by atoms with Crippen molar-refractivity contribution in [3.05, 3.63) is 53.1 Å². The van der Waals surface area contributed by atoms with E-state index in [1.165, 1.54) is 5.56 Å². The summed E-state index contributed by atoms with van der Waals surface area (Å²) in [5.41, 5.74) is 2.67. The highest BCUT2D eigenvalue weighted by Gasteiger charge is 2.06. The number of nitrogens with one attached hydrogen (secondary N) is 2. The number of anilines is 2. The summed E-state index contributed by atoms with van der Waals surface area (Å²) in [6.45, 7) is 4.27. The lowest BCUT2D eigenvalue weighted by Gasteiger charge is -2.10. The maximum Gasteiger partial charge on any atom is 0.323 e. The van der Waals surface area contributed by atoms with Crippen molar-refractivity contribution in [2.24, 2.45) is 0 Å². The number of thioether (sulfide) groups is 1. The molecule has 0 saturated heterocycles. The molecule has 2 N–H and O–H groups in total. The molecule has 2 aromatic carbocycles. The monoisotopic (exact) mass is 334 g/mol. The van der Waals surface area contributed by atoms with Crippen LogP contribution in [-0.4, -0.2) is 12.3 Å². The first-order valence-electron chi connectivity index (χ1n) is 7.01. The number of urea groups is 1. The van der Waals surface area contributed by atoms with Crippen molar-refractivity contribution in [1.82, 2.24) is 0 Å². The molecule has 0 heterocycles. The van der Waals surface area contributed by atoms with Crippen LogP contribution in [-0.2, 0) is 0 Å². The summed E-state index contributed by atoms with van der Waals surface area (Å²) in [4.78, 5) is 13.0. The molecule has 116 valence electrons. The Balaban J connectivity index is 1.99. The van der Waals surface area contributed by atoms with E-state index in [0.717, 1.165) is 10.6 Å². The second kappa shape index (κ2) is 7.56. The molecule has 0 aliphatic heterocycles. The maximum atomic E-state index is 12.0. The lowest BCUT2D eigenvalue weighted by Crippen LogP contribution is -2.19. The molecule has 2 aromatic rings. The first-order chi connectivity index (χ1) is 10.5. The Morgan fingerprint density at radius 1 is 1.05 bits per heavy atom. The fourth-order valence-electron chi connectivity index (χ4n) is 1.99. The second-order valence-corrected chi connectivity index (χ2v) is 6.46. The second-order valence-electron chi connectivity index (χ2n) is 5.21. The molecule has 0 fully saturated rings. The van der Waals surface area contributed by atoms with Crippen LogP contribution in [0.4, 0.5) is 16.2 Å². The molecule has 0 aliphatic carbocycles. The molecule has 0 saturated carbocycles. The van der Waals surface area contributed by atoms with Crippen LogP contribution in [0, 0.1) is 0 Å². The Hall–Kier alpha value is -1.65. The van der Waals surface area contributed by atoms with Gasteiger partial charge in [0.2, 0.25) is 0 Å². The Morgan fingerprint density at radius 2 is 1.64 bits per heavy atom. The van der Waals surface area contributed by atoms with E-state index in [0.29, 0.717) is 16.6 Å². The van der Waals surface area contributed by atoms with Gasteiger partial charge in [-0.1, -0.05) is 37.6 Å². The van der Waals surface area contributed by atoms with Gasteiger partial charge in [0.05, 0.1) is 5.02 Å². The highest BCUT2D eigenvalue weighted by Crippen LogP contribution is 2.28. The van der Waals surface area contributed by atoms with E-state index in [-0.39, 0.29) is 6.03 Å². The third-order valence-corrected chi connectivity index (χ3v) is 4.47. The van der Waals surface area contributed by atoms with Gasteiger partial charge in [-0.3, -0.25) is 0 Å². The molecule has 22 heavy (non-hydrogen) atoms. The molecular formula is C17H19ClN2OS. The van der Waals surface area contributed by atoms with E-state index in [1.807, 2.05) is 42.7 Å². The van der Waals surface area contributed by atoms with Gasteiger partial charge in [0.1, 0.15) is 0 Å². The third-order valence-electron chi connectivity index (χ3n) is 3.24. The number of benzene rings is 2. The van der Waals surface area contributed by atoms with Gasteiger partial charge in [-0.25, -0.2) is 4.79 Å². The zero-order valence-electron chi connectivity index (χ0n) is 12.8. The number of carbonyl (C=O) groups is 1. The van der Waals surface area contributed by atoms with E-state index in [4.69, 9.17) is 11.6 Å². The molecule has 5 heteroatoms. The van der Waals surface area contributed by atoms with Crippen LogP contribution in [0.3, 0.4) is 0 Å². The highest BCUT2D eigenvalue weighted by molar-refractivity contribution is 7.98. The zero-order chi connectivity index (χ0) is 16.1. The molecule has 3 nitrogen and oxygen atoms in total. The van der Waals surface area contributed by atoms with E-state index in [1.54, 1.807) is 17.8 Å². The Morgan fingerprint density at radius 3 is 2.18 bits per heavy atom. The fourth-order valence-corrected chi connectivity index (χ4v) is 2.86. The lowest BCUT2D eigenvalue weighted by atomic mass is 10.0. The van der Waals surface area contributed by atoms with Crippen molar-refractivity contribution in [2.45, 2.75) is 24.7 Å². The average molecular weight is 335 g/mol. The van der Waals surface area contributed by atoms with Gasteiger partial charge in [-0.15, -0.1) is 11.8 Å². The Bertz CT molecular complexity index is 656. The summed E-state index contributed by atoms with van der Waals surface area (Å²) >= 11 is 7.70. The Labute approximate surface area is 140 Å². The average Bonchev–Trinajstić information content (AvgIpc) is 2.48. The zero-order valence-corrected chi connectivity index (χ0v) is 14.4. The smallest absolute Gasteiger partial charge is 0.308 e. The lowest BCUT2D eigenvalue weighted by molar-refractivity contribution is 0.262. The van der Waals surface area contributed by atoms with Gasteiger partial charge in [0.25, 0.3) is 0 Å². The van der Waals surface area contributed by atoms with Gasteiger partial charge >= 0.3 is 6.03 Å². The van der Waals surface area contributed by atoms with Crippen molar-refractivity contribution < 1.29 is 4.79 Å². The molecule has 0 radical (unpaired) electrons. The molecule has 2 amide bonds. The normalized spacial score (nSPS) is 10.6. The predicted molar refractivity (Wildman–Crippen MR) is 96.4 cm³/mol. The van der Waals surface area contributed by atoms with Crippen molar-refractivity contribution >= 4 is 40.8 Å². The topological polar surface area (TPSA) is 41.1 Å². The van der Waals surface area contributed by atoms with Crippen molar-refractivity contribution in [3.8, 4) is 0 Å². The standard InChI is InChI=1S/C17H19ClN2OS/c1-11(2)12-4-6-13(7-5-12)19-17(21)20-14-8-9-16(22-3)15(18)10-14/h4-11H,1-3H3,(H2,19,20,21). The minimum Gasteiger partial charge on any atom is -0.308 e. The minimum atomic E-state index is -0.287. The van der Waals surface area contributed by atoms with Gasteiger partial charge in [0.15, 0.2) is 0 Å². The molecule has 0 bridgehead atoms. The number of rotatable bonds is 4. The molecule has 0 aliphatic rings. The third kappa shape index (κ3) is 4.42. The van der Waals surface area contributed by atoms with Gasteiger partial charge < -0.3 is 10.6 Å². The molecule has 2 rings (SSSR count). The number of hydrogen-bond donors (Lipinski definition) is 2. The summed E-state index contributed by atoms with van der Waals surface area (Å²) in [5.74, 6) is 0.472. The van der Waals surface area contributed by atoms with Gasteiger partial charge in [-0.05, 0) is 48.1 Å². The van der Waals surface area contributed by atoms with Crippen molar-refractivity contribution in [2.75, 3.05) is 16.9 Å². The molecular weight excluding hydrogens is 316 g/mol. The minimum absolute atomic E-state index is 0.287. The van der Waals surface area contributed by atoms with Crippen LogP contribution in [0.1, 0.15) is 25.3 Å². The van der Waals surface area contributed by atoms with E-state index in [2.05, 4.69) is 24.5 Å². The molecule has 0 aromatic heterocycles. The summed E-state index contributed by atoms with van der Waals surface area (Å²) in [6.07, 6.45) is 1.96. The summed E-state index contributed by atoms with van der Waals surface area (Å²) in [5, 5.41) is 6.21. The molecule has 0 spiro atoms. The number of amides is 2. The van der Waals surface area contributed by atoms with Gasteiger partial charge in [0, 0.05) is 16.3 Å². The quantitative estimate of drug-likeness (QED) is 0.691. The summed E-state index contributed by atoms with van der Waals surface area (Å²) in [6, 6.07) is 13.0. The first-order valence-corrected chi connectivity index (χ1v) is 8.61. The number of halogens is 1. The summed E-state index contributed by atoms with van der Waals surface area (Å²) in [7, 11) is 0. The Kier molecular flexibility index (Phi) is 5.75. The van der Waals surface area contributed by atoms with Crippen molar-refractivity contribution in [3.63, 3.8) is 0 Å². The summed E-state index contributed by atoms with van der Waals surface area (Å²) < 4.78 is 0. The van der Waals surface area contributed by atoms with E-state index in [9.17, 15) is 4.79 Å². The predicted octanol–water partition coefficient (Wildman–Crippen LogP) is 5.83. The fraction of sp³-hybridized carbons (Fsp3) is 0.235. The number of hydrogen-bond acceptors (Lipinski definition) is 2. The van der Waals surface area contributed by atoms with Crippen LogP contribution < -0.4 is 10.6 Å². The van der Waals surface area contributed by atoms with E-state index < -0.39 is 0 Å². The largest absolute Gasteiger partial charge is 0.323 e. The maximum absolute atomic E-state index is 12.0. The number of carbonyl (C=O) groups excluding carboxylic acids is 1. The first kappa shape index (κ1) is 16.7.